The van der Waals surface area contributed by atoms with Gasteiger partial charge in [0.2, 0.25) is 0 Å². The van der Waals surface area contributed by atoms with Gasteiger partial charge >= 0.3 is 0 Å². The number of carbonyl (C=O) groups excluding carboxylic acids is 1. The zero-order valence-electron chi connectivity index (χ0n) is 15.2. The van der Waals surface area contributed by atoms with E-state index in [0.29, 0.717) is 29.0 Å². The molecule has 0 radical (unpaired) electrons. The van der Waals surface area contributed by atoms with E-state index in [1.165, 1.54) is 5.56 Å². The first-order chi connectivity index (χ1) is 12.6. The highest BCUT2D eigenvalue weighted by atomic mass is 32.1. The lowest BCUT2D eigenvalue weighted by atomic mass is 10.0. The molecule has 0 atom stereocenters. The molecule has 1 aliphatic rings. The summed E-state index contributed by atoms with van der Waals surface area (Å²) in [5, 5.41) is 3.30. The van der Waals surface area contributed by atoms with Crippen molar-refractivity contribution in [1.82, 2.24) is 5.32 Å². The quantitative estimate of drug-likeness (QED) is 0.822. The van der Waals surface area contributed by atoms with Gasteiger partial charge < -0.3 is 9.64 Å². The molecule has 26 heavy (non-hydrogen) atoms. The molecule has 1 heterocycles. The summed E-state index contributed by atoms with van der Waals surface area (Å²) in [6.07, 6.45) is 2.05. The lowest BCUT2D eigenvalue weighted by Crippen LogP contribution is -2.45. The van der Waals surface area contributed by atoms with E-state index in [-0.39, 0.29) is 5.91 Å². The average Bonchev–Trinajstić information content (AvgIpc) is 2.66. The van der Waals surface area contributed by atoms with Gasteiger partial charge in [0.15, 0.2) is 5.11 Å². The fraction of sp³-hybridized carbons (Fsp3) is 0.333. The summed E-state index contributed by atoms with van der Waals surface area (Å²) in [7, 11) is 0. The molecule has 0 aromatic heterocycles. The molecule has 0 aliphatic carbocycles. The number of hydrogen-bond donors (Lipinski definition) is 1. The Bertz CT molecular complexity index is 804. The van der Waals surface area contributed by atoms with Gasteiger partial charge in [0.25, 0.3) is 5.91 Å². The van der Waals surface area contributed by atoms with E-state index in [4.69, 9.17) is 17.0 Å². The molecule has 0 bridgehead atoms. The van der Waals surface area contributed by atoms with Crippen molar-refractivity contribution in [2.45, 2.75) is 26.7 Å². The number of carbonyl (C=O) groups is 1. The first kappa shape index (κ1) is 18.4. The number of thiocarbonyl (C=S) groups is 1. The van der Waals surface area contributed by atoms with Crippen molar-refractivity contribution in [3.8, 4) is 5.75 Å². The largest absolute Gasteiger partial charge is 0.492 e. The number of amides is 1. The molecule has 0 saturated heterocycles. The molecule has 2 aromatic carbocycles. The Kier molecular flexibility index (Phi) is 5.89. The SMILES string of the molecule is CC(C)COc1ccccc1C(=O)NC(=S)N1CCCc2ccccc21. The van der Waals surface area contributed by atoms with Crippen molar-refractivity contribution in [2.24, 2.45) is 5.92 Å². The van der Waals surface area contributed by atoms with Crippen LogP contribution in [0.3, 0.4) is 0 Å². The van der Waals surface area contributed by atoms with Gasteiger partial charge in [-0.1, -0.05) is 44.2 Å². The molecule has 1 aliphatic heterocycles. The molecule has 136 valence electrons. The van der Waals surface area contributed by atoms with E-state index in [1.807, 2.05) is 41.3 Å². The van der Waals surface area contributed by atoms with Gasteiger partial charge in [-0.2, -0.15) is 0 Å². The molecule has 4 nitrogen and oxygen atoms in total. The number of fused-ring (bicyclic) bond motifs is 1. The van der Waals surface area contributed by atoms with Crippen LogP contribution in [0.5, 0.6) is 5.75 Å². The Hall–Kier alpha value is -2.40. The average molecular weight is 369 g/mol. The first-order valence-electron chi connectivity index (χ1n) is 8.99. The van der Waals surface area contributed by atoms with Crippen molar-refractivity contribution >= 4 is 28.9 Å². The molecule has 0 fully saturated rings. The van der Waals surface area contributed by atoms with E-state index in [0.717, 1.165) is 25.1 Å². The molecule has 1 N–H and O–H groups in total. The highest BCUT2D eigenvalue weighted by Crippen LogP contribution is 2.27. The van der Waals surface area contributed by atoms with E-state index in [9.17, 15) is 4.79 Å². The van der Waals surface area contributed by atoms with Gasteiger partial charge in [-0.05, 0) is 54.7 Å². The number of hydrogen-bond acceptors (Lipinski definition) is 3. The van der Waals surface area contributed by atoms with E-state index in [2.05, 4.69) is 25.2 Å². The van der Waals surface area contributed by atoms with Gasteiger partial charge in [0.1, 0.15) is 5.75 Å². The Morgan fingerprint density at radius 1 is 1.19 bits per heavy atom. The standard InChI is InChI=1S/C21H24N2O2S/c1-15(2)14-25-19-12-6-4-10-17(19)20(24)22-21(26)23-13-7-9-16-8-3-5-11-18(16)23/h3-6,8,10-12,15H,7,9,13-14H2,1-2H3,(H,22,24,26). The summed E-state index contributed by atoms with van der Waals surface area (Å²) >= 11 is 5.53. The summed E-state index contributed by atoms with van der Waals surface area (Å²) in [4.78, 5) is 14.8. The second-order valence-electron chi connectivity index (χ2n) is 6.84. The van der Waals surface area contributed by atoms with Crippen molar-refractivity contribution in [1.29, 1.82) is 0 Å². The van der Waals surface area contributed by atoms with Crippen LogP contribution < -0.4 is 15.0 Å². The van der Waals surface area contributed by atoms with Gasteiger partial charge in [0.05, 0.1) is 12.2 Å². The Morgan fingerprint density at radius 2 is 1.92 bits per heavy atom. The highest BCUT2D eigenvalue weighted by Gasteiger charge is 2.22. The zero-order chi connectivity index (χ0) is 18.5. The fourth-order valence-electron chi connectivity index (χ4n) is 3.01. The van der Waals surface area contributed by atoms with Crippen LogP contribution in [0.15, 0.2) is 48.5 Å². The number of rotatable bonds is 4. The molecule has 3 rings (SSSR count). The molecule has 2 aromatic rings. The van der Waals surface area contributed by atoms with Gasteiger partial charge in [0, 0.05) is 12.2 Å². The molecular weight excluding hydrogens is 344 g/mol. The van der Waals surface area contributed by atoms with Gasteiger partial charge in [-0.15, -0.1) is 0 Å². The number of para-hydroxylation sites is 2. The summed E-state index contributed by atoms with van der Waals surface area (Å²) < 4.78 is 5.79. The molecule has 0 spiro atoms. The van der Waals surface area contributed by atoms with Crippen LogP contribution in [0, 0.1) is 5.92 Å². The number of ether oxygens (including phenoxy) is 1. The third kappa shape index (κ3) is 4.22. The van der Waals surface area contributed by atoms with Crippen molar-refractivity contribution < 1.29 is 9.53 Å². The summed E-state index contributed by atoms with van der Waals surface area (Å²) in [6.45, 7) is 5.52. The zero-order valence-corrected chi connectivity index (χ0v) is 16.0. The molecule has 5 heteroatoms. The highest BCUT2D eigenvalue weighted by molar-refractivity contribution is 7.80. The minimum Gasteiger partial charge on any atom is -0.492 e. The van der Waals surface area contributed by atoms with Crippen LogP contribution in [0.1, 0.15) is 36.2 Å². The van der Waals surface area contributed by atoms with Crippen LogP contribution in [0.25, 0.3) is 0 Å². The third-order valence-electron chi connectivity index (χ3n) is 4.28. The first-order valence-corrected chi connectivity index (χ1v) is 9.39. The minimum atomic E-state index is -0.239. The molecule has 0 saturated carbocycles. The smallest absolute Gasteiger partial charge is 0.261 e. The monoisotopic (exact) mass is 368 g/mol. The summed E-state index contributed by atoms with van der Waals surface area (Å²) in [6, 6.07) is 15.5. The van der Waals surface area contributed by atoms with Crippen LogP contribution in [-0.2, 0) is 6.42 Å². The number of nitrogens with one attached hydrogen (secondary N) is 1. The second kappa shape index (κ2) is 8.32. The molecule has 0 unspecified atom stereocenters. The van der Waals surface area contributed by atoms with Crippen LogP contribution in [0.4, 0.5) is 5.69 Å². The lowest BCUT2D eigenvalue weighted by Gasteiger charge is -2.31. The summed E-state index contributed by atoms with van der Waals surface area (Å²) in [5.74, 6) is 0.731. The Labute approximate surface area is 160 Å². The number of aryl methyl sites for hydroxylation is 1. The normalized spacial score (nSPS) is 13.3. The summed E-state index contributed by atoms with van der Waals surface area (Å²) in [5.41, 5.74) is 2.84. The number of benzene rings is 2. The van der Waals surface area contributed by atoms with Crippen molar-refractivity contribution in [3.05, 3.63) is 59.7 Å². The number of anilines is 1. The van der Waals surface area contributed by atoms with Crippen LogP contribution in [0.2, 0.25) is 0 Å². The third-order valence-corrected chi connectivity index (χ3v) is 4.60. The minimum absolute atomic E-state index is 0.239. The van der Waals surface area contributed by atoms with Gasteiger partial charge in [-0.25, -0.2) is 0 Å². The Balaban J connectivity index is 1.74. The maximum Gasteiger partial charge on any atom is 0.261 e. The van der Waals surface area contributed by atoms with E-state index >= 15 is 0 Å². The van der Waals surface area contributed by atoms with Crippen molar-refractivity contribution in [3.63, 3.8) is 0 Å². The van der Waals surface area contributed by atoms with E-state index in [1.54, 1.807) is 6.07 Å². The number of nitrogens with zero attached hydrogens (tertiary/aromatic N) is 1. The van der Waals surface area contributed by atoms with Crippen LogP contribution in [-0.4, -0.2) is 24.2 Å². The maximum atomic E-state index is 12.8. The lowest BCUT2D eigenvalue weighted by molar-refractivity contribution is 0.0972. The molecular formula is C21H24N2O2S. The topological polar surface area (TPSA) is 41.6 Å². The fourth-order valence-corrected chi connectivity index (χ4v) is 3.30. The maximum absolute atomic E-state index is 12.8. The molecule has 1 amide bonds. The second-order valence-corrected chi connectivity index (χ2v) is 7.23. The van der Waals surface area contributed by atoms with E-state index < -0.39 is 0 Å². The Morgan fingerprint density at radius 3 is 2.73 bits per heavy atom. The predicted molar refractivity (Wildman–Crippen MR) is 109 cm³/mol. The van der Waals surface area contributed by atoms with Gasteiger partial charge in [-0.3, -0.25) is 10.1 Å². The van der Waals surface area contributed by atoms with Crippen LogP contribution >= 0.6 is 12.2 Å². The predicted octanol–water partition coefficient (Wildman–Crippen LogP) is 4.19. The van der Waals surface area contributed by atoms with Crippen molar-refractivity contribution in [2.75, 3.05) is 18.1 Å².